The highest BCUT2D eigenvalue weighted by atomic mass is 79.9. The van der Waals surface area contributed by atoms with E-state index in [1.165, 1.54) is 13.2 Å². The number of hydrogen-bond donors (Lipinski definition) is 1. The van der Waals surface area contributed by atoms with Crippen molar-refractivity contribution in [2.45, 2.75) is 11.4 Å². The van der Waals surface area contributed by atoms with E-state index in [9.17, 15) is 8.42 Å². The van der Waals surface area contributed by atoms with Gasteiger partial charge in [0.1, 0.15) is 10.6 Å². The van der Waals surface area contributed by atoms with E-state index >= 15 is 0 Å². The third-order valence-electron chi connectivity index (χ3n) is 2.77. The normalized spacial score (nSPS) is 11.3. The fourth-order valence-electron chi connectivity index (χ4n) is 1.73. The highest BCUT2D eigenvalue weighted by Gasteiger charge is 2.18. The van der Waals surface area contributed by atoms with Gasteiger partial charge in [-0.25, -0.2) is 13.1 Å². The molecule has 0 atom stereocenters. The molecule has 0 aliphatic heterocycles. The summed E-state index contributed by atoms with van der Waals surface area (Å²) in [6.07, 6.45) is 0. The summed E-state index contributed by atoms with van der Waals surface area (Å²) in [5.74, 6) is 0.326. The molecule has 0 unspecified atom stereocenters. The van der Waals surface area contributed by atoms with Crippen LogP contribution in [-0.2, 0) is 16.6 Å². The minimum absolute atomic E-state index is 0.134. The molecule has 20 heavy (non-hydrogen) atoms. The summed E-state index contributed by atoms with van der Waals surface area (Å²) in [4.78, 5) is 0.134. The number of nitrogens with one attached hydrogen (secondary N) is 1. The number of benzene rings is 2. The van der Waals surface area contributed by atoms with E-state index in [2.05, 4.69) is 20.7 Å². The Morgan fingerprint density at radius 3 is 2.45 bits per heavy atom. The van der Waals surface area contributed by atoms with Gasteiger partial charge in [-0.15, -0.1) is 0 Å². The molecular weight excluding hydrogens is 342 g/mol. The van der Waals surface area contributed by atoms with E-state index < -0.39 is 10.0 Å². The van der Waals surface area contributed by atoms with Gasteiger partial charge in [0.05, 0.1) is 7.11 Å². The molecule has 0 aromatic heterocycles. The fraction of sp³-hybridized carbons (Fsp3) is 0.143. The Morgan fingerprint density at radius 1 is 1.10 bits per heavy atom. The Balaban J connectivity index is 2.22. The van der Waals surface area contributed by atoms with Gasteiger partial charge in [-0.3, -0.25) is 0 Å². The zero-order valence-corrected chi connectivity index (χ0v) is 13.2. The first kappa shape index (κ1) is 15.0. The quantitative estimate of drug-likeness (QED) is 0.896. The Hall–Kier alpha value is -1.37. The van der Waals surface area contributed by atoms with Crippen LogP contribution < -0.4 is 9.46 Å². The smallest absolute Gasteiger partial charge is 0.244 e. The summed E-state index contributed by atoms with van der Waals surface area (Å²) < 4.78 is 33.1. The van der Waals surface area contributed by atoms with Crippen molar-refractivity contribution in [2.24, 2.45) is 0 Å². The average Bonchev–Trinajstić information content (AvgIpc) is 2.46. The van der Waals surface area contributed by atoms with Crippen LogP contribution in [0, 0.1) is 0 Å². The van der Waals surface area contributed by atoms with Crippen LogP contribution in [0.3, 0.4) is 0 Å². The van der Waals surface area contributed by atoms with Crippen LogP contribution in [0.15, 0.2) is 57.9 Å². The van der Waals surface area contributed by atoms with Crippen LogP contribution in [0.2, 0.25) is 0 Å². The van der Waals surface area contributed by atoms with Gasteiger partial charge < -0.3 is 4.74 Å². The van der Waals surface area contributed by atoms with Gasteiger partial charge in [-0.05, 0) is 23.8 Å². The number of ether oxygens (including phenoxy) is 1. The molecule has 2 aromatic rings. The largest absolute Gasteiger partial charge is 0.495 e. The van der Waals surface area contributed by atoms with E-state index in [-0.39, 0.29) is 11.4 Å². The topological polar surface area (TPSA) is 55.4 Å². The summed E-state index contributed by atoms with van der Waals surface area (Å²) in [6, 6.07) is 14.0. The highest BCUT2D eigenvalue weighted by molar-refractivity contribution is 9.10. The van der Waals surface area contributed by atoms with Gasteiger partial charge in [-0.2, -0.15) is 0 Å². The molecule has 0 heterocycles. The van der Waals surface area contributed by atoms with Crippen molar-refractivity contribution in [3.05, 3.63) is 58.6 Å². The predicted molar refractivity (Wildman–Crippen MR) is 81.2 cm³/mol. The van der Waals surface area contributed by atoms with Gasteiger partial charge in [0, 0.05) is 11.0 Å². The zero-order chi connectivity index (χ0) is 14.6. The molecule has 0 radical (unpaired) electrons. The lowest BCUT2D eigenvalue weighted by atomic mass is 10.2. The first-order valence-corrected chi connectivity index (χ1v) is 8.18. The minimum Gasteiger partial charge on any atom is -0.495 e. The van der Waals surface area contributed by atoms with Crippen molar-refractivity contribution in [2.75, 3.05) is 7.11 Å². The third-order valence-corrected chi connectivity index (χ3v) is 4.98. The molecule has 0 bridgehead atoms. The summed E-state index contributed by atoms with van der Waals surface area (Å²) in [5.41, 5.74) is 0.867. The molecule has 0 aliphatic rings. The number of para-hydroxylation sites is 1. The van der Waals surface area contributed by atoms with Gasteiger partial charge in [0.25, 0.3) is 0 Å². The predicted octanol–water partition coefficient (Wildman–Crippen LogP) is 2.94. The molecule has 0 aliphatic carbocycles. The standard InChI is InChI=1S/C14H14BrNO3S/c1-19-13-8-4-5-9-14(13)20(17,18)16-10-11-6-2-3-7-12(11)15/h2-9,16H,10H2,1H3. The van der Waals surface area contributed by atoms with Crippen LogP contribution in [0.25, 0.3) is 0 Å². The van der Waals surface area contributed by atoms with Gasteiger partial charge in [0.15, 0.2) is 0 Å². The molecule has 6 heteroatoms. The Labute approximate surface area is 127 Å². The van der Waals surface area contributed by atoms with Crippen LogP contribution in [-0.4, -0.2) is 15.5 Å². The molecular formula is C14H14BrNO3S. The lowest BCUT2D eigenvalue weighted by Gasteiger charge is -2.11. The molecule has 106 valence electrons. The van der Waals surface area contributed by atoms with E-state index in [0.717, 1.165) is 10.0 Å². The lowest BCUT2D eigenvalue weighted by Crippen LogP contribution is -2.23. The summed E-state index contributed by atoms with van der Waals surface area (Å²) in [5, 5.41) is 0. The van der Waals surface area contributed by atoms with Crippen molar-refractivity contribution < 1.29 is 13.2 Å². The third kappa shape index (κ3) is 3.39. The van der Waals surface area contributed by atoms with Gasteiger partial charge >= 0.3 is 0 Å². The molecule has 2 aromatic carbocycles. The van der Waals surface area contributed by atoms with Crippen molar-refractivity contribution in [1.29, 1.82) is 0 Å². The van der Waals surface area contributed by atoms with Crippen molar-refractivity contribution in [3.63, 3.8) is 0 Å². The maximum Gasteiger partial charge on any atom is 0.244 e. The first-order chi connectivity index (χ1) is 9.54. The second kappa shape index (κ2) is 6.39. The molecule has 0 saturated carbocycles. The first-order valence-electron chi connectivity index (χ1n) is 5.90. The monoisotopic (exact) mass is 355 g/mol. The van der Waals surface area contributed by atoms with Crippen LogP contribution in [0.1, 0.15) is 5.56 Å². The molecule has 0 fully saturated rings. The molecule has 4 nitrogen and oxygen atoms in total. The van der Waals surface area contributed by atoms with Crippen molar-refractivity contribution >= 4 is 26.0 Å². The van der Waals surface area contributed by atoms with E-state index in [4.69, 9.17) is 4.74 Å². The van der Waals surface area contributed by atoms with Crippen LogP contribution >= 0.6 is 15.9 Å². The lowest BCUT2D eigenvalue weighted by molar-refractivity contribution is 0.402. The van der Waals surface area contributed by atoms with E-state index in [1.807, 2.05) is 24.3 Å². The van der Waals surface area contributed by atoms with E-state index in [0.29, 0.717) is 5.75 Å². The van der Waals surface area contributed by atoms with Crippen LogP contribution in [0.4, 0.5) is 0 Å². The maximum absolute atomic E-state index is 12.3. The number of sulfonamides is 1. The Kier molecular flexibility index (Phi) is 4.80. The molecule has 0 amide bonds. The zero-order valence-electron chi connectivity index (χ0n) is 10.8. The summed E-state index contributed by atoms with van der Waals surface area (Å²) in [6.45, 7) is 0.210. The van der Waals surface area contributed by atoms with E-state index in [1.54, 1.807) is 18.2 Å². The average molecular weight is 356 g/mol. The maximum atomic E-state index is 12.3. The molecule has 1 N–H and O–H groups in total. The van der Waals surface area contributed by atoms with Crippen molar-refractivity contribution in [1.82, 2.24) is 4.72 Å². The second-order valence-corrected chi connectivity index (χ2v) is 6.66. The number of methoxy groups -OCH3 is 1. The highest BCUT2D eigenvalue weighted by Crippen LogP contribution is 2.23. The summed E-state index contributed by atoms with van der Waals surface area (Å²) in [7, 11) is -2.17. The minimum atomic E-state index is -3.61. The molecule has 2 rings (SSSR count). The molecule has 0 spiro atoms. The fourth-order valence-corrected chi connectivity index (χ4v) is 3.33. The SMILES string of the molecule is COc1ccccc1S(=O)(=O)NCc1ccccc1Br. The summed E-state index contributed by atoms with van der Waals surface area (Å²) >= 11 is 3.39. The Bertz CT molecular complexity index is 701. The number of halogens is 1. The van der Waals surface area contributed by atoms with Gasteiger partial charge in [-0.1, -0.05) is 46.3 Å². The van der Waals surface area contributed by atoms with Crippen LogP contribution in [0.5, 0.6) is 5.75 Å². The number of hydrogen-bond acceptors (Lipinski definition) is 3. The number of rotatable bonds is 5. The Morgan fingerprint density at radius 2 is 1.75 bits per heavy atom. The van der Waals surface area contributed by atoms with Gasteiger partial charge in [0.2, 0.25) is 10.0 Å². The molecule has 0 saturated heterocycles. The second-order valence-electron chi connectivity index (χ2n) is 4.07. The van der Waals surface area contributed by atoms with Crippen molar-refractivity contribution in [3.8, 4) is 5.75 Å².